The van der Waals surface area contributed by atoms with E-state index in [1.807, 2.05) is 12.1 Å². The van der Waals surface area contributed by atoms with Crippen molar-refractivity contribution in [3.05, 3.63) is 59.7 Å². The summed E-state index contributed by atoms with van der Waals surface area (Å²) in [5, 5.41) is 13.7. The maximum atomic E-state index is 13.5. The van der Waals surface area contributed by atoms with Crippen LogP contribution in [0.5, 0.6) is 11.5 Å². The maximum absolute atomic E-state index is 13.5. The number of carbonyl (C=O) groups is 1. The van der Waals surface area contributed by atoms with Crippen molar-refractivity contribution in [3.8, 4) is 11.5 Å². The van der Waals surface area contributed by atoms with Crippen LogP contribution in [0.3, 0.4) is 0 Å². The van der Waals surface area contributed by atoms with Crippen LogP contribution in [0.4, 0.5) is 0 Å². The summed E-state index contributed by atoms with van der Waals surface area (Å²) in [6, 6.07) is 12.6. The lowest BCUT2D eigenvalue weighted by Gasteiger charge is -2.68. The zero-order chi connectivity index (χ0) is 39.1. The van der Waals surface area contributed by atoms with Crippen molar-refractivity contribution < 1.29 is 27.8 Å². The third-order valence-electron chi connectivity index (χ3n) is 16.9. The van der Waals surface area contributed by atoms with Crippen LogP contribution in [-0.2, 0) is 10.0 Å². The van der Waals surface area contributed by atoms with Gasteiger partial charge in [-0.3, -0.25) is 4.90 Å². The van der Waals surface area contributed by atoms with Gasteiger partial charge < -0.3 is 19.9 Å². The van der Waals surface area contributed by atoms with E-state index in [0.717, 1.165) is 56.3 Å². The Balaban J connectivity index is 0.831. The minimum Gasteiger partial charge on any atom is -0.486 e. The summed E-state index contributed by atoms with van der Waals surface area (Å²) < 4.78 is 40.0. The molecule has 0 spiro atoms. The van der Waals surface area contributed by atoms with Crippen molar-refractivity contribution in [1.82, 2.24) is 14.5 Å². The highest BCUT2D eigenvalue weighted by atomic mass is 32.2. The third-order valence-corrected chi connectivity index (χ3v) is 18.8. The lowest BCUT2D eigenvalue weighted by molar-refractivity contribution is -0.172. The summed E-state index contributed by atoms with van der Waals surface area (Å²) in [4.78, 5) is 14.3. The average Bonchev–Trinajstić information content (AvgIpc) is 3.62. The van der Waals surface area contributed by atoms with Crippen LogP contribution in [0.15, 0.2) is 53.4 Å². The van der Waals surface area contributed by atoms with Gasteiger partial charge in [-0.25, -0.2) is 13.2 Å². The molecule has 8 atom stereocenters. The standard InChI is InChI=1S/C46H63N3O6S/c1-43(2)35(31-7-9-32(10-8-31)42(50)51)15-19-45(4)40(43)17-20-44(3)36-16-21-46(18-5-6-37(46)34(36)12-14-41(44)45)47-22-23-48-24-26-49(27-25-48)56(52,53)33-11-13-38-39(30-33)55-29-28-54-38/h7-11,13,15,30,34,36-37,40-41,47H,5-6,12,14,16-29H2,1-4H3,(H,50,51)/t34-,36?,37?,40?,41?,44-,45-,46-/m0/s1. The Morgan fingerprint density at radius 3 is 2.32 bits per heavy atom. The monoisotopic (exact) mass is 785 g/mol. The quantitative estimate of drug-likeness (QED) is 0.278. The topological polar surface area (TPSA) is 108 Å². The molecule has 0 amide bonds. The molecule has 5 aliphatic carbocycles. The first kappa shape index (κ1) is 38.6. The summed E-state index contributed by atoms with van der Waals surface area (Å²) in [6.45, 7) is 15.6. The molecule has 2 aromatic rings. The van der Waals surface area contributed by atoms with Gasteiger partial charge in [-0.2, -0.15) is 4.31 Å². The Kier molecular flexibility index (Phi) is 9.73. The number of fused-ring (bicyclic) bond motifs is 8. The number of nitrogens with zero attached hydrogens (tertiary/aromatic N) is 2. The van der Waals surface area contributed by atoms with Gasteiger partial charge in [-0.05, 0) is 139 Å². The van der Waals surface area contributed by atoms with E-state index in [1.54, 1.807) is 34.6 Å². The van der Waals surface area contributed by atoms with Crippen LogP contribution >= 0.6 is 0 Å². The van der Waals surface area contributed by atoms with Gasteiger partial charge in [0.05, 0.1) is 10.5 Å². The van der Waals surface area contributed by atoms with E-state index in [1.165, 1.54) is 68.9 Å². The zero-order valence-electron chi connectivity index (χ0n) is 34.0. The first-order valence-electron chi connectivity index (χ1n) is 21.7. The molecule has 5 fully saturated rings. The van der Waals surface area contributed by atoms with Crippen LogP contribution in [0, 0.1) is 45.8 Å². The molecule has 304 valence electrons. The van der Waals surface area contributed by atoms with Gasteiger partial charge in [-0.15, -0.1) is 0 Å². The molecule has 9 nitrogen and oxygen atoms in total. The molecule has 9 rings (SSSR count). The number of rotatable bonds is 8. The Labute approximate surface area is 334 Å². The van der Waals surface area contributed by atoms with Crippen molar-refractivity contribution in [1.29, 1.82) is 0 Å². The van der Waals surface area contributed by atoms with Gasteiger partial charge in [0.2, 0.25) is 10.0 Å². The minimum absolute atomic E-state index is 0.0284. The number of benzene rings is 2. The van der Waals surface area contributed by atoms with E-state index < -0.39 is 16.0 Å². The molecule has 2 aliphatic heterocycles. The number of ether oxygens (including phenoxy) is 2. The average molecular weight is 786 g/mol. The molecular formula is C46H63N3O6S. The van der Waals surface area contributed by atoms with E-state index in [-0.39, 0.29) is 21.3 Å². The summed E-state index contributed by atoms with van der Waals surface area (Å²) in [5.41, 5.74) is 3.84. The molecule has 2 aromatic carbocycles. The molecule has 0 radical (unpaired) electrons. The predicted octanol–water partition coefficient (Wildman–Crippen LogP) is 7.96. The normalized spacial score (nSPS) is 36.7. The fraction of sp³-hybridized carbons (Fsp3) is 0.674. The fourth-order valence-corrected chi connectivity index (χ4v) is 15.8. The van der Waals surface area contributed by atoms with Gasteiger partial charge in [0.25, 0.3) is 0 Å². The highest BCUT2D eigenvalue weighted by Gasteiger charge is 2.65. The second kappa shape index (κ2) is 14.1. The van der Waals surface area contributed by atoms with Crippen LogP contribution < -0.4 is 14.8 Å². The Morgan fingerprint density at radius 2 is 1.57 bits per heavy atom. The lowest BCUT2D eigenvalue weighted by atomic mass is 9.37. The van der Waals surface area contributed by atoms with Crippen molar-refractivity contribution >= 4 is 21.6 Å². The fourth-order valence-electron chi connectivity index (χ4n) is 14.4. The number of hydrogen-bond donors (Lipinski definition) is 2. The van der Waals surface area contributed by atoms with Gasteiger partial charge >= 0.3 is 5.97 Å². The number of carboxylic acid groups (broad SMARTS) is 1. The number of piperazine rings is 1. The first-order chi connectivity index (χ1) is 26.8. The van der Waals surface area contributed by atoms with E-state index >= 15 is 0 Å². The van der Waals surface area contributed by atoms with E-state index in [2.05, 4.69) is 44.0 Å². The summed E-state index contributed by atoms with van der Waals surface area (Å²) in [7, 11) is -3.59. The van der Waals surface area contributed by atoms with E-state index in [9.17, 15) is 18.3 Å². The highest BCUT2D eigenvalue weighted by molar-refractivity contribution is 7.89. The molecule has 2 heterocycles. The van der Waals surface area contributed by atoms with Gasteiger partial charge in [0, 0.05) is 50.9 Å². The molecule has 1 saturated heterocycles. The maximum Gasteiger partial charge on any atom is 0.335 e. The number of sulfonamides is 1. The smallest absolute Gasteiger partial charge is 0.335 e. The second-order valence-corrected chi connectivity index (χ2v) is 21.5. The van der Waals surface area contributed by atoms with Crippen LogP contribution in [0.2, 0.25) is 0 Å². The van der Waals surface area contributed by atoms with Crippen LogP contribution in [0.25, 0.3) is 5.57 Å². The number of carboxylic acids is 1. The van der Waals surface area contributed by atoms with Gasteiger partial charge in [-0.1, -0.05) is 52.3 Å². The first-order valence-corrected chi connectivity index (χ1v) is 23.1. The van der Waals surface area contributed by atoms with E-state index in [0.29, 0.717) is 54.7 Å². The second-order valence-electron chi connectivity index (χ2n) is 19.6. The minimum atomic E-state index is -3.59. The molecule has 4 unspecified atom stereocenters. The molecule has 2 N–H and O–H groups in total. The predicted molar refractivity (Wildman–Crippen MR) is 218 cm³/mol. The highest BCUT2D eigenvalue weighted by Crippen LogP contribution is 2.72. The van der Waals surface area contributed by atoms with Crippen molar-refractivity contribution in [2.75, 3.05) is 52.5 Å². The molecule has 4 saturated carbocycles. The Morgan fingerprint density at radius 1 is 0.821 bits per heavy atom. The van der Waals surface area contributed by atoms with Crippen LogP contribution in [-0.4, -0.2) is 86.7 Å². The Bertz CT molecular complexity index is 1970. The SMILES string of the molecule is CC1(C)C(c2ccc(C(=O)O)cc2)=CC[C@@]2(C)C1CC[C@@]1(C)C3CC[C@@]4(NCCN5CCN(S(=O)(=O)c6ccc7c(c6)OCCO7)CC5)CCCC4[C@H]3CCC12. The number of aromatic carboxylic acids is 1. The molecule has 0 bridgehead atoms. The summed E-state index contributed by atoms with van der Waals surface area (Å²) in [5.74, 6) is 3.91. The summed E-state index contributed by atoms with van der Waals surface area (Å²) >= 11 is 0. The van der Waals surface area contributed by atoms with E-state index in [4.69, 9.17) is 9.47 Å². The van der Waals surface area contributed by atoms with Gasteiger partial charge in [0.15, 0.2) is 11.5 Å². The van der Waals surface area contributed by atoms with Gasteiger partial charge in [0.1, 0.15) is 13.2 Å². The van der Waals surface area contributed by atoms with Crippen LogP contribution in [0.1, 0.15) is 108 Å². The molecule has 10 heteroatoms. The zero-order valence-corrected chi connectivity index (χ0v) is 34.8. The van der Waals surface area contributed by atoms with Crippen molar-refractivity contribution in [2.24, 2.45) is 45.8 Å². The molecule has 7 aliphatic rings. The number of nitrogens with one attached hydrogen (secondary N) is 1. The molecular weight excluding hydrogens is 723 g/mol. The molecule has 0 aromatic heterocycles. The third kappa shape index (κ3) is 6.17. The van der Waals surface area contributed by atoms with Crippen molar-refractivity contribution in [3.63, 3.8) is 0 Å². The Hall–Kier alpha value is -2.92. The number of hydrogen-bond acceptors (Lipinski definition) is 7. The van der Waals surface area contributed by atoms with Crippen molar-refractivity contribution in [2.45, 2.75) is 102 Å². The number of allylic oxidation sites excluding steroid dienone is 2. The summed E-state index contributed by atoms with van der Waals surface area (Å²) in [6.07, 6.45) is 15.5. The lowest BCUT2D eigenvalue weighted by Crippen LogP contribution is -2.64. The largest absolute Gasteiger partial charge is 0.486 e. The molecule has 56 heavy (non-hydrogen) atoms.